The van der Waals surface area contributed by atoms with Crippen molar-refractivity contribution in [1.29, 1.82) is 0 Å². The van der Waals surface area contributed by atoms with Crippen molar-refractivity contribution in [2.24, 2.45) is 0 Å². The van der Waals surface area contributed by atoms with Crippen molar-refractivity contribution in [3.05, 3.63) is 0 Å². The van der Waals surface area contributed by atoms with Crippen LogP contribution in [0.15, 0.2) is 0 Å². The third-order valence-corrected chi connectivity index (χ3v) is 6.41. The number of ether oxygens (including phenoxy) is 6. The Labute approximate surface area is 359 Å². The number of carboxylic acids is 3. The van der Waals surface area contributed by atoms with Crippen molar-refractivity contribution in [2.75, 3.05) is 0 Å². The van der Waals surface area contributed by atoms with E-state index in [0.717, 1.165) is 0 Å². The zero-order valence-electron chi connectivity index (χ0n) is 39.4. The molecule has 0 heterocycles. The first-order valence-corrected chi connectivity index (χ1v) is 19.3. The van der Waals surface area contributed by atoms with Crippen LogP contribution in [0.25, 0.3) is 0 Å². The van der Waals surface area contributed by atoms with Gasteiger partial charge in [-0.05, 0) is 125 Å². The largest absolute Gasteiger partial charge is 3.00 e. The molecule has 0 aliphatic heterocycles. The molecule has 0 aromatic rings. The van der Waals surface area contributed by atoms with Crippen LogP contribution in [0.5, 0.6) is 0 Å². The Morgan fingerprint density at radius 1 is 0.328 bits per heavy atom. The van der Waals surface area contributed by atoms with E-state index in [0.29, 0.717) is 0 Å². The average molecular weight is 847 g/mol. The van der Waals surface area contributed by atoms with E-state index in [-0.39, 0.29) is 36.6 Å². The molecule has 0 bridgehead atoms. The van der Waals surface area contributed by atoms with Gasteiger partial charge in [-0.25, -0.2) is 0 Å². The van der Waals surface area contributed by atoms with Crippen molar-refractivity contribution < 1.29 is 72.5 Å². The van der Waals surface area contributed by atoms with Gasteiger partial charge in [0.15, 0.2) is 17.3 Å². The van der Waals surface area contributed by atoms with E-state index in [1.165, 1.54) is 0 Å². The molecule has 0 rings (SSSR count). The molecule has 0 atom stereocenters. The Morgan fingerprint density at radius 2 is 0.448 bits per heavy atom. The summed E-state index contributed by atoms with van der Waals surface area (Å²) in [4.78, 5) is 68.6. The summed E-state index contributed by atoms with van der Waals surface area (Å²) in [6, 6.07) is 0. The normalized spacial score (nSPS) is 13.2. The molecule has 16 heteroatoms. The number of carboxylic acid groups (broad SMARTS) is 3. The number of carbonyl (C=O) groups is 6. The fourth-order valence-corrected chi connectivity index (χ4v) is 5.19. The maximum atomic E-state index is 12.2. The van der Waals surface area contributed by atoms with E-state index in [1.54, 1.807) is 145 Å². The molecule has 0 saturated heterocycles. The Balaban J connectivity index is -0.000000374. The molecule has 0 aromatic carbocycles. The van der Waals surface area contributed by atoms with Crippen LogP contribution in [-0.2, 0) is 57.2 Å². The Kier molecular flexibility index (Phi) is 25.4. The van der Waals surface area contributed by atoms with Gasteiger partial charge < -0.3 is 58.1 Å². The SMILES string of the molecule is CCC(OC(C)(C)C)(OC(C)(C)C)C(=O)CC(=O)[O-].CCC(OC(C)(C)C)(OC(C)(C)C)C(=O)CC(=O)[O-].CCC(OC(C)(C)C)(OC(C)(C)C)C(=O)CC(=O)[O-].[Al+3]. The van der Waals surface area contributed by atoms with Crippen LogP contribution in [0, 0.1) is 0 Å². The van der Waals surface area contributed by atoms with Crippen LogP contribution in [0.4, 0.5) is 0 Å². The molecule has 0 fully saturated rings. The summed E-state index contributed by atoms with van der Waals surface area (Å²) < 4.78 is 34.5. The van der Waals surface area contributed by atoms with Gasteiger partial charge >= 0.3 is 17.4 Å². The predicted molar refractivity (Wildman–Crippen MR) is 214 cm³/mol. The van der Waals surface area contributed by atoms with Gasteiger partial charge in [0, 0.05) is 37.2 Å². The maximum Gasteiger partial charge on any atom is 3.00 e. The molecule has 0 saturated carbocycles. The molecular formula is C42H75AlO15. The molecule has 0 radical (unpaired) electrons. The predicted octanol–water partition coefficient (Wildman–Crippen LogP) is 3.92. The summed E-state index contributed by atoms with van der Waals surface area (Å²) in [6.45, 7) is 37.4. The Hall–Kier alpha value is -2.29. The number of carbonyl (C=O) groups excluding carboxylic acids is 6. The van der Waals surface area contributed by atoms with E-state index in [4.69, 9.17) is 28.4 Å². The van der Waals surface area contributed by atoms with Crippen molar-refractivity contribution in [2.45, 2.75) is 235 Å². The van der Waals surface area contributed by atoms with E-state index in [2.05, 4.69) is 0 Å². The summed E-state index contributed by atoms with van der Waals surface area (Å²) in [5, 5.41) is 32.0. The number of hydrogen-bond acceptors (Lipinski definition) is 15. The van der Waals surface area contributed by atoms with Gasteiger partial charge in [0.2, 0.25) is 17.4 Å². The number of rotatable bonds is 18. The number of hydrogen-bond donors (Lipinski definition) is 0. The van der Waals surface area contributed by atoms with E-state index in [9.17, 15) is 44.1 Å². The van der Waals surface area contributed by atoms with Gasteiger partial charge in [-0.2, -0.15) is 0 Å². The Bertz CT molecular complexity index is 1120. The quantitative estimate of drug-likeness (QED) is 0.108. The summed E-state index contributed by atoms with van der Waals surface area (Å²) in [6.07, 6.45) is -1.48. The molecule has 0 N–H and O–H groups in total. The summed E-state index contributed by atoms with van der Waals surface area (Å²) in [7, 11) is 0. The fraction of sp³-hybridized carbons (Fsp3) is 0.857. The van der Waals surface area contributed by atoms with Crippen molar-refractivity contribution in [3.8, 4) is 0 Å². The standard InChI is InChI=1S/3C14H26O5.Al/c3*1-8-14(18-12(2,3)4,19-13(5,6)7)10(15)9-11(16)17;/h3*8-9H2,1-7H3,(H,16,17);/q;;;+3/p-3. The van der Waals surface area contributed by atoms with Crippen LogP contribution < -0.4 is 15.3 Å². The van der Waals surface area contributed by atoms with E-state index < -0.39 is 105 Å². The first-order chi connectivity index (χ1) is 24.9. The minimum atomic E-state index is -1.56. The van der Waals surface area contributed by atoms with Gasteiger partial charge in [-0.1, -0.05) is 20.8 Å². The zero-order chi connectivity index (χ0) is 46.4. The molecule has 58 heavy (non-hydrogen) atoms. The molecule has 0 aliphatic rings. The number of aliphatic carboxylic acids is 3. The third kappa shape index (κ3) is 28.2. The number of ketones is 3. The molecular weight excluding hydrogens is 771 g/mol. The monoisotopic (exact) mass is 846 g/mol. The molecule has 15 nitrogen and oxygen atoms in total. The van der Waals surface area contributed by atoms with Crippen LogP contribution in [0.2, 0.25) is 0 Å². The molecule has 0 spiro atoms. The fourth-order valence-electron chi connectivity index (χ4n) is 5.19. The molecule has 336 valence electrons. The van der Waals surface area contributed by atoms with Crippen molar-refractivity contribution in [1.82, 2.24) is 0 Å². The second kappa shape index (κ2) is 23.6. The van der Waals surface area contributed by atoms with Gasteiger partial charge in [0.05, 0.1) is 52.9 Å². The van der Waals surface area contributed by atoms with E-state index >= 15 is 0 Å². The van der Waals surface area contributed by atoms with Gasteiger partial charge in [0.25, 0.3) is 0 Å². The van der Waals surface area contributed by atoms with Crippen LogP contribution in [0.3, 0.4) is 0 Å². The number of Topliss-reactive ketones (excluding diaryl/α,β-unsaturated/α-hetero) is 3. The van der Waals surface area contributed by atoms with Crippen LogP contribution >= 0.6 is 0 Å². The molecule has 0 amide bonds. The average Bonchev–Trinajstić information content (AvgIpc) is 2.91. The Morgan fingerprint density at radius 3 is 0.517 bits per heavy atom. The topological polar surface area (TPSA) is 227 Å². The first-order valence-electron chi connectivity index (χ1n) is 19.3. The second-order valence-electron chi connectivity index (χ2n) is 19.5. The summed E-state index contributed by atoms with van der Waals surface area (Å²) in [5.41, 5.74) is -3.82. The molecule has 0 aliphatic carbocycles. The summed E-state index contributed by atoms with van der Waals surface area (Å²) >= 11 is 0. The molecule has 0 aromatic heterocycles. The maximum absolute atomic E-state index is 12.2. The molecule has 0 unspecified atom stereocenters. The smallest absolute Gasteiger partial charge is 0.550 e. The minimum absolute atomic E-state index is 0. The van der Waals surface area contributed by atoms with Crippen LogP contribution in [0.1, 0.15) is 184 Å². The van der Waals surface area contributed by atoms with Gasteiger partial charge in [-0.15, -0.1) is 0 Å². The van der Waals surface area contributed by atoms with Gasteiger partial charge in [0.1, 0.15) is 0 Å². The second-order valence-corrected chi connectivity index (χ2v) is 19.5. The van der Waals surface area contributed by atoms with Gasteiger partial charge in [-0.3, -0.25) is 14.4 Å². The van der Waals surface area contributed by atoms with Crippen LogP contribution in [-0.4, -0.2) is 104 Å². The zero-order valence-corrected chi connectivity index (χ0v) is 40.6. The third-order valence-electron chi connectivity index (χ3n) is 6.41. The first kappa shape index (κ1) is 62.4. The summed E-state index contributed by atoms with van der Waals surface area (Å²) in [5.74, 6) is -10.8. The van der Waals surface area contributed by atoms with E-state index in [1.807, 2.05) is 0 Å². The minimum Gasteiger partial charge on any atom is -0.550 e. The van der Waals surface area contributed by atoms with Crippen molar-refractivity contribution in [3.63, 3.8) is 0 Å². The van der Waals surface area contributed by atoms with Crippen molar-refractivity contribution >= 4 is 52.6 Å².